The van der Waals surface area contributed by atoms with Crippen LogP contribution < -0.4 is 5.32 Å². The largest absolute Gasteiger partial charge is 0.356 e. The third-order valence-corrected chi connectivity index (χ3v) is 3.66. The predicted octanol–water partition coefficient (Wildman–Crippen LogP) is 5.04. The number of carbonyl (C=O) groups excluding carboxylic acids is 1. The summed E-state index contributed by atoms with van der Waals surface area (Å²) in [5, 5.41) is 3.00. The zero-order chi connectivity index (χ0) is 14.2. The number of carbonyl (C=O) groups is 1. The summed E-state index contributed by atoms with van der Waals surface area (Å²) in [4.78, 5) is 11.5. The van der Waals surface area contributed by atoms with Gasteiger partial charge in [0.15, 0.2) is 0 Å². The molecule has 0 spiro atoms. The van der Waals surface area contributed by atoms with Gasteiger partial charge in [-0.15, -0.1) is 11.6 Å². The Bertz CT molecular complexity index is 197. The maximum absolute atomic E-state index is 11.5. The van der Waals surface area contributed by atoms with Crippen molar-refractivity contribution in [2.24, 2.45) is 0 Å². The van der Waals surface area contributed by atoms with Gasteiger partial charge in [0.05, 0.1) is 0 Å². The van der Waals surface area contributed by atoms with E-state index in [4.69, 9.17) is 11.6 Å². The van der Waals surface area contributed by atoms with Crippen molar-refractivity contribution in [1.29, 1.82) is 0 Å². The smallest absolute Gasteiger partial charge is 0.219 e. The molecule has 0 saturated carbocycles. The van der Waals surface area contributed by atoms with Crippen LogP contribution in [0.25, 0.3) is 0 Å². The molecular formula is C16H32ClNO. The molecule has 0 aromatic heterocycles. The van der Waals surface area contributed by atoms with Gasteiger partial charge in [-0.2, -0.15) is 0 Å². The molecule has 2 nitrogen and oxygen atoms in total. The van der Waals surface area contributed by atoms with E-state index in [1.165, 1.54) is 51.4 Å². The van der Waals surface area contributed by atoms with Gasteiger partial charge in [-0.3, -0.25) is 4.79 Å². The van der Waals surface area contributed by atoms with Gasteiger partial charge in [0, 0.05) is 18.8 Å². The fraction of sp³-hybridized carbons (Fsp3) is 0.938. The second-order valence-electron chi connectivity index (χ2n) is 5.32. The Hall–Kier alpha value is -0.240. The summed E-state index contributed by atoms with van der Waals surface area (Å²) in [6.45, 7) is 3.07. The number of hydrogen-bond donors (Lipinski definition) is 1. The lowest BCUT2D eigenvalue weighted by molar-refractivity contribution is -0.121. The first-order valence-electron chi connectivity index (χ1n) is 8.14. The van der Waals surface area contributed by atoms with Crippen molar-refractivity contribution >= 4 is 17.5 Å². The second-order valence-corrected chi connectivity index (χ2v) is 5.70. The summed E-state index contributed by atoms with van der Waals surface area (Å²) >= 11 is 5.61. The molecule has 0 saturated heterocycles. The van der Waals surface area contributed by atoms with Crippen molar-refractivity contribution in [3.8, 4) is 0 Å². The van der Waals surface area contributed by atoms with Gasteiger partial charge in [0.1, 0.15) is 0 Å². The van der Waals surface area contributed by atoms with E-state index < -0.39 is 0 Å². The number of rotatable bonds is 14. The Morgan fingerprint density at radius 2 is 1.42 bits per heavy atom. The fourth-order valence-electron chi connectivity index (χ4n) is 2.13. The predicted molar refractivity (Wildman–Crippen MR) is 84.8 cm³/mol. The summed E-state index contributed by atoms with van der Waals surface area (Å²) in [6, 6.07) is 0. The minimum absolute atomic E-state index is 0.228. The van der Waals surface area contributed by atoms with Crippen LogP contribution in [0.15, 0.2) is 0 Å². The lowest BCUT2D eigenvalue weighted by Crippen LogP contribution is -2.23. The minimum atomic E-state index is 0.228. The van der Waals surface area contributed by atoms with Gasteiger partial charge in [0.2, 0.25) is 5.91 Å². The van der Waals surface area contributed by atoms with Gasteiger partial charge in [-0.1, -0.05) is 58.3 Å². The normalized spacial score (nSPS) is 10.6. The van der Waals surface area contributed by atoms with E-state index in [0.717, 1.165) is 31.7 Å². The Labute approximate surface area is 124 Å². The molecule has 1 amide bonds. The van der Waals surface area contributed by atoms with Crippen LogP contribution in [0.2, 0.25) is 0 Å². The van der Waals surface area contributed by atoms with Crippen molar-refractivity contribution < 1.29 is 4.79 Å². The van der Waals surface area contributed by atoms with E-state index in [2.05, 4.69) is 12.2 Å². The van der Waals surface area contributed by atoms with Gasteiger partial charge in [-0.25, -0.2) is 0 Å². The zero-order valence-corrected chi connectivity index (χ0v) is 13.4. The quantitative estimate of drug-likeness (QED) is 0.352. The molecule has 3 heteroatoms. The summed E-state index contributed by atoms with van der Waals surface area (Å²) in [5.74, 6) is 0.982. The summed E-state index contributed by atoms with van der Waals surface area (Å²) < 4.78 is 0. The average molecular weight is 290 g/mol. The molecule has 0 bridgehead atoms. The highest BCUT2D eigenvalue weighted by atomic mass is 35.5. The maximum Gasteiger partial charge on any atom is 0.219 e. The van der Waals surface area contributed by atoms with Crippen molar-refractivity contribution in [3.05, 3.63) is 0 Å². The monoisotopic (exact) mass is 289 g/mol. The molecule has 0 aromatic rings. The molecule has 0 radical (unpaired) electrons. The van der Waals surface area contributed by atoms with Crippen molar-refractivity contribution in [2.45, 2.75) is 84.0 Å². The molecule has 0 aromatic carbocycles. The molecule has 0 atom stereocenters. The van der Waals surface area contributed by atoms with Crippen LogP contribution in [0.5, 0.6) is 0 Å². The number of nitrogens with one attached hydrogen (secondary N) is 1. The van der Waals surface area contributed by atoms with E-state index in [1.54, 1.807) is 0 Å². The molecule has 0 unspecified atom stereocenters. The van der Waals surface area contributed by atoms with Crippen LogP contribution in [0.4, 0.5) is 0 Å². The average Bonchev–Trinajstić information content (AvgIpc) is 2.41. The van der Waals surface area contributed by atoms with Gasteiger partial charge < -0.3 is 5.32 Å². The van der Waals surface area contributed by atoms with E-state index in [9.17, 15) is 4.79 Å². The number of unbranched alkanes of at least 4 members (excludes halogenated alkanes) is 9. The van der Waals surface area contributed by atoms with E-state index in [0.29, 0.717) is 6.42 Å². The highest BCUT2D eigenvalue weighted by Crippen LogP contribution is 2.08. The van der Waals surface area contributed by atoms with Crippen LogP contribution >= 0.6 is 11.6 Å². The maximum atomic E-state index is 11.5. The van der Waals surface area contributed by atoms with E-state index in [-0.39, 0.29) is 5.91 Å². The fourth-order valence-corrected chi connectivity index (χ4v) is 2.32. The first-order valence-corrected chi connectivity index (χ1v) is 8.67. The topological polar surface area (TPSA) is 29.1 Å². The summed E-state index contributed by atoms with van der Waals surface area (Å²) in [6.07, 6.45) is 14.1. The highest BCUT2D eigenvalue weighted by Gasteiger charge is 2.00. The number of amides is 1. The van der Waals surface area contributed by atoms with Crippen molar-refractivity contribution in [3.63, 3.8) is 0 Å². The Kier molecular flexibility index (Phi) is 15.6. The molecule has 0 fully saturated rings. The molecule has 1 N–H and O–H groups in total. The Morgan fingerprint density at radius 3 is 2.11 bits per heavy atom. The van der Waals surface area contributed by atoms with Crippen LogP contribution in [0, 0.1) is 0 Å². The lowest BCUT2D eigenvalue weighted by atomic mass is 10.1. The summed E-state index contributed by atoms with van der Waals surface area (Å²) in [7, 11) is 0. The van der Waals surface area contributed by atoms with Crippen LogP contribution in [0.3, 0.4) is 0 Å². The van der Waals surface area contributed by atoms with Crippen molar-refractivity contribution in [1.82, 2.24) is 5.32 Å². The van der Waals surface area contributed by atoms with Crippen molar-refractivity contribution in [2.75, 3.05) is 12.4 Å². The SMILES string of the molecule is CCCCCCCCCC(=O)NCCCCCCCl. The number of alkyl halides is 1. The Morgan fingerprint density at radius 1 is 0.842 bits per heavy atom. The number of hydrogen-bond acceptors (Lipinski definition) is 1. The molecule has 0 aliphatic carbocycles. The third-order valence-electron chi connectivity index (χ3n) is 3.39. The Balaban J connectivity index is 3.13. The van der Waals surface area contributed by atoms with Gasteiger partial charge >= 0.3 is 0 Å². The van der Waals surface area contributed by atoms with Gasteiger partial charge in [-0.05, 0) is 19.3 Å². The van der Waals surface area contributed by atoms with E-state index in [1.807, 2.05) is 0 Å². The zero-order valence-electron chi connectivity index (χ0n) is 12.7. The second kappa shape index (κ2) is 15.8. The third kappa shape index (κ3) is 15.7. The number of halogens is 1. The lowest BCUT2D eigenvalue weighted by Gasteiger charge is -2.05. The molecule has 0 aliphatic heterocycles. The van der Waals surface area contributed by atoms with Crippen LogP contribution in [-0.2, 0) is 4.79 Å². The minimum Gasteiger partial charge on any atom is -0.356 e. The summed E-state index contributed by atoms with van der Waals surface area (Å²) in [5.41, 5.74) is 0. The van der Waals surface area contributed by atoms with E-state index >= 15 is 0 Å². The molecule has 19 heavy (non-hydrogen) atoms. The van der Waals surface area contributed by atoms with Crippen LogP contribution in [0.1, 0.15) is 84.0 Å². The highest BCUT2D eigenvalue weighted by molar-refractivity contribution is 6.17. The molecule has 0 aliphatic rings. The molecule has 0 rings (SSSR count). The molecule has 0 heterocycles. The first kappa shape index (κ1) is 18.8. The standard InChI is InChI=1S/C16H32ClNO/c1-2-3-4-5-6-7-10-13-16(19)18-15-12-9-8-11-14-17/h2-15H2,1H3,(H,18,19). The van der Waals surface area contributed by atoms with Crippen LogP contribution in [-0.4, -0.2) is 18.3 Å². The molecule has 114 valence electrons. The van der Waals surface area contributed by atoms with Gasteiger partial charge in [0.25, 0.3) is 0 Å². The first-order chi connectivity index (χ1) is 9.31. The molecular weight excluding hydrogens is 258 g/mol.